The Morgan fingerprint density at radius 3 is 2.34 bits per heavy atom. The van der Waals surface area contributed by atoms with Gasteiger partial charge in [0.15, 0.2) is 5.96 Å². The van der Waals surface area contributed by atoms with Crippen LogP contribution in [0.3, 0.4) is 0 Å². The summed E-state index contributed by atoms with van der Waals surface area (Å²) in [6.07, 6.45) is 1.58. The Labute approximate surface area is 175 Å². The summed E-state index contributed by atoms with van der Waals surface area (Å²) in [5.41, 5.74) is 1.08. The van der Waals surface area contributed by atoms with E-state index in [1.165, 1.54) is 4.31 Å². The zero-order valence-electron chi connectivity index (χ0n) is 18.1. The van der Waals surface area contributed by atoms with Crippen molar-refractivity contribution in [1.82, 2.24) is 14.9 Å². The molecule has 2 N–H and O–H groups in total. The van der Waals surface area contributed by atoms with E-state index in [1.807, 2.05) is 31.2 Å². The van der Waals surface area contributed by atoms with E-state index in [4.69, 9.17) is 9.47 Å². The number of nitrogens with zero attached hydrogens (tertiary/aromatic N) is 2. The Morgan fingerprint density at radius 1 is 1.10 bits per heavy atom. The molecule has 9 heteroatoms. The van der Waals surface area contributed by atoms with Gasteiger partial charge >= 0.3 is 0 Å². The smallest absolute Gasteiger partial charge is 0.213 e. The number of rotatable bonds is 14. The normalized spacial score (nSPS) is 12.2. The average Bonchev–Trinajstić information content (AvgIpc) is 2.74. The second-order valence-corrected chi connectivity index (χ2v) is 8.86. The summed E-state index contributed by atoms with van der Waals surface area (Å²) in [6.45, 7) is 7.43. The van der Waals surface area contributed by atoms with Gasteiger partial charge in [-0.15, -0.1) is 0 Å². The molecule has 0 aliphatic heterocycles. The summed E-state index contributed by atoms with van der Waals surface area (Å²) < 4.78 is 35.6. The van der Waals surface area contributed by atoms with Crippen LogP contribution in [-0.4, -0.2) is 71.4 Å². The largest absolute Gasteiger partial charge is 0.497 e. The highest BCUT2D eigenvalue weighted by Crippen LogP contribution is 2.11. The molecule has 0 fully saturated rings. The van der Waals surface area contributed by atoms with Gasteiger partial charge in [0.25, 0.3) is 0 Å². The van der Waals surface area contributed by atoms with Crippen LogP contribution in [0, 0.1) is 0 Å². The van der Waals surface area contributed by atoms with Crippen molar-refractivity contribution in [3.63, 3.8) is 0 Å². The molecule has 0 amide bonds. The molecule has 0 heterocycles. The molecule has 1 aromatic carbocycles. The number of methoxy groups -OCH3 is 1. The van der Waals surface area contributed by atoms with E-state index in [0.717, 1.165) is 24.3 Å². The number of nitrogens with one attached hydrogen (secondary N) is 2. The molecule has 0 unspecified atom stereocenters. The first-order valence-corrected chi connectivity index (χ1v) is 11.7. The predicted octanol–water partition coefficient (Wildman–Crippen LogP) is 1.83. The molecule has 0 bridgehead atoms. The van der Waals surface area contributed by atoms with Gasteiger partial charge in [-0.05, 0) is 44.4 Å². The van der Waals surface area contributed by atoms with Gasteiger partial charge in [-0.1, -0.05) is 12.1 Å². The van der Waals surface area contributed by atoms with E-state index >= 15 is 0 Å². The first-order chi connectivity index (χ1) is 13.9. The van der Waals surface area contributed by atoms with Crippen molar-refractivity contribution in [2.24, 2.45) is 4.99 Å². The zero-order valence-corrected chi connectivity index (χ0v) is 18.9. The fraction of sp³-hybridized carbons (Fsp3) is 0.650. The van der Waals surface area contributed by atoms with E-state index in [0.29, 0.717) is 45.2 Å². The van der Waals surface area contributed by atoms with Crippen molar-refractivity contribution < 1.29 is 17.9 Å². The van der Waals surface area contributed by atoms with Gasteiger partial charge in [0.1, 0.15) is 5.75 Å². The van der Waals surface area contributed by atoms with Crippen LogP contribution >= 0.6 is 0 Å². The van der Waals surface area contributed by atoms with Crippen molar-refractivity contribution in [2.75, 3.05) is 52.8 Å². The van der Waals surface area contributed by atoms with Gasteiger partial charge in [-0.25, -0.2) is 17.7 Å². The Hall–Kier alpha value is -1.84. The highest BCUT2D eigenvalue weighted by Gasteiger charge is 2.13. The highest BCUT2D eigenvalue weighted by atomic mass is 32.2. The monoisotopic (exact) mass is 428 g/mol. The maximum Gasteiger partial charge on any atom is 0.213 e. The van der Waals surface area contributed by atoms with Crippen molar-refractivity contribution in [3.8, 4) is 5.75 Å². The number of aliphatic imine (C=N–C) groups is 1. The number of hydrogen-bond donors (Lipinski definition) is 2. The van der Waals surface area contributed by atoms with E-state index in [1.54, 1.807) is 21.1 Å². The van der Waals surface area contributed by atoms with Gasteiger partial charge < -0.3 is 20.1 Å². The molecule has 29 heavy (non-hydrogen) atoms. The van der Waals surface area contributed by atoms with Crippen molar-refractivity contribution in [2.45, 2.75) is 33.2 Å². The van der Waals surface area contributed by atoms with Crippen LogP contribution in [0.4, 0.5) is 0 Å². The summed E-state index contributed by atoms with van der Waals surface area (Å²) in [5, 5.41) is 6.58. The van der Waals surface area contributed by atoms with Crippen molar-refractivity contribution in [3.05, 3.63) is 29.8 Å². The first kappa shape index (κ1) is 25.2. The van der Waals surface area contributed by atoms with E-state index < -0.39 is 10.0 Å². The molecule has 0 aliphatic rings. The molecule has 166 valence electrons. The van der Waals surface area contributed by atoms with Gasteiger partial charge in [0.05, 0.1) is 19.4 Å². The Kier molecular flexibility index (Phi) is 12.3. The van der Waals surface area contributed by atoms with E-state index in [-0.39, 0.29) is 5.75 Å². The molecule has 0 atom stereocenters. The molecule has 0 aliphatic carbocycles. The quantitative estimate of drug-likeness (QED) is 0.267. The minimum Gasteiger partial charge on any atom is -0.497 e. The minimum atomic E-state index is -3.14. The van der Waals surface area contributed by atoms with Gasteiger partial charge in [0, 0.05) is 39.9 Å². The van der Waals surface area contributed by atoms with Crippen LogP contribution in [0.2, 0.25) is 0 Å². The third-order valence-electron chi connectivity index (χ3n) is 4.32. The van der Waals surface area contributed by atoms with Gasteiger partial charge in [-0.3, -0.25) is 0 Å². The summed E-state index contributed by atoms with van der Waals surface area (Å²) in [5.74, 6) is 1.64. The van der Waals surface area contributed by atoms with Crippen molar-refractivity contribution >= 4 is 16.0 Å². The molecule has 0 spiro atoms. The maximum absolute atomic E-state index is 11.8. The Morgan fingerprint density at radius 2 is 1.76 bits per heavy atom. The topological polar surface area (TPSA) is 92.3 Å². The number of ether oxygens (including phenoxy) is 2. The van der Waals surface area contributed by atoms with Crippen LogP contribution in [0.1, 0.15) is 32.3 Å². The fourth-order valence-corrected chi connectivity index (χ4v) is 3.32. The molecule has 0 saturated carbocycles. The Bertz CT molecular complexity index is 693. The standard InChI is InChI=1S/C20H36N4O4S/c1-5-28-16-8-14-22-20(21-13-7-15-24(3)29(25,26)6-2)23-17-18-9-11-19(27-4)12-10-18/h9-12H,5-8,13-17H2,1-4H3,(H2,21,22,23). The first-order valence-electron chi connectivity index (χ1n) is 10.1. The van der Waals surface area contributed by atoms with E-state index in [2.05, 4.69) is 15.6 Å². The van der Waals surface area contributed by atoms with Gasteiger partial charge in [0.2, 0.25) is 10.0 Å². The third kappa shape index (κ3) is 10.5. The molecule has 1 aromatic rings. The fourth-order valence-electron chi connectivity index (χ4n) is 2.47. The molecule has 0 aromatic heterocycles. The molecule has 0 radical (unpaired) electrons. The molecule has 0 saturated heterocycles. The number of sulfonamides is 1. The van der Waals surface area contributed by atoms with Crippen molar-refractivity contribution in [1.29, 1.82) is 0 Å². The minimum absolute atomic E-state index is 0.118. The Balaban J connectivity index is 2.55. The number of hydrogen-bond acceptors (Lipinski definition) is 5. The maximum atomic E-state index is 11.8. The molecule has 1 rings (SSSR count). The van der Waals surface area contributed by atoms with Crippen LogP contribution in [0.5, 0.6) is 5.75 Å². The number of benzene rings is 1. The summed E-state index contributed by atoms with van der Waals surface area (Å²) in [4.78, 5) is 4.63. The highest BCUT2D eigenvalue weighted by molar-refractivity contribution is 7.89. The summed E-state index contributed by atoms with van der Waals surface area (Å²) >= 11 is 0. The predicted molar refractivity (Wildman–Crippen MR) is 118 cm³/mol. The summed E-state index contributed by atoms with van der Waals surface area (Å²) in [7, 11) is 0.120. The zero-order chi connectivity index (χ0) is 21.5. The second kappa shape index (κ2) is 14.2. The van der Waals surface area contributed by atoms with E-state index in [9.17, 15) is 8.42 Å². The average molecular weight is 429 g/mol. The lowest BCUT2D eigenvalue weighted by atomic mass is 10.2. The van der Waals surface area contributed by atoms with Crippen LogP contribution < -0.4 is 15.4 Å². The van der Waals surface area contributed by atoms with Crippen LogP contribution in [0.25, 0.3) is 0 Å². The van der Waals surface area contributed by atoms with Gasteiger partial charge in [-0.2, -0.15) is 0 Å². The van der Waals surface area contributed by atoms with Crippen LogP contribution in [-0.2, 0) is 21.3 Å². The summed E-state index contributed by atoms with van der Waals surface area (Å²) in [6, 6.07) is 7.80. The lowest BCUT2D eigenvalue weighted by molar-refractivity contribution is 0.145. The lowest BCUT2D eigenvalue weighted by Gasteiger charge is -2.17. The molecule has 8 nitrogen and oxygen atoms in total. The van der Waals surface area contributed by atoms with Crippen LogP contribution in [0.15, 0.2) is 29.3 Å². The lowest BCUT2D eigenvalue weighted by Crippen LogP contribution is -2.40. The molecular formula is C20H36N4O4S. The molecular weight excluding hydrogens is 392 g/mol. The SMILES string of the molecule is CCOCCCNC(=NCc1ccc(OC)cc1)NCCCN(C)S(=O)(=O)CC. The third-order valence-corrected chi connectivity index (χ3v) is 6.18. The second-order valence-electron chi connectivity index (χ2n) is 6.49. The number of guanidine groups is 1.